The van der Waals surface area contributed by atoms with Gasteiger partial charge in [-0.25, -0.2) is 0 Å². The van der Waals surface area contributed by atoms with Crippen LogP contribution in [0.15, 0.2) is 0 Å². The summed E-state index contributed by atoms with van der Waals surface area (Å²) in [7, 11) is 1.89. The molecule has 0 aliphatic heterocycles. The standard InChI is InChI=1S/C17H34N2O2.C2H6/c1-13(2)16(4,5)12-17(6,7)15(21)18-9-10-19(8)11-14(3)20;1-2/h13H,9-12H2,1-8H3,(H,18,21);1-2H3. The summed E-state index contributed by atoms with van der Waals surface area (Å²) < 4.78 is 0. The van der Waals surface area contributed by atoms with E-state index < -0.39 is 0 Å². The molecule has 23 heavy (non-hydrogen) atoms. The van der Waals surface area contributed by atoms with Crippen molar-refractivity contribution >= 4 is 11.7 Å². The fourth-order valence-electron chi connectivity index (χ4n) is 2.48. The van der Waals surface area contributed by atoms with Crippen molar-refractivity contribution in [1.29, 1.82) is 0 Å². The predicted octanol–water partition coefficient (Wildman–Crippen LogP) is 3.75. The zero-order chi connectivity index (χ0) is 18.8. The number of carbonyl (C=O) groups excluding carboxylic acids is 2. The van der Waals surface area contributed by atoms with Crippen LogP contribution in [0.1, 0.15) is 68.7 Å². The zero-order valence-electron chi connectivity index (χ0n) is 17.2. The Morgan fingerprint density at radius 2 is 1.57 bits per heavy atom. The van der Waals surface area contributed by atoms with Gasteiger partial charge in [0.2, 0.25) is 5.91 Å². The number of hydrogen-bond donors (Lipinski definition) is 1. The van der Waals surface area contributed by atoms with E-state index in [0.29, 0.717) is 25.6 Å². The molecule has 0 atom stereocenters. The highest BCUT2D eigenvalue weighted by Gasteiger charge is 2.36. The zero-order valence-corrected chi connectivity index (χ0v) is 17.2. The fraction of sp³-hybridized carbons (Fsp3) is 0.895. The van der Waals surface area contributed by atoms with Crippen LogP contribution in [0.4, 0.5) is 0 Å². The predicted molar refractivity (Wildman–Crippen MR) is 99.6 cm³/mol. The van der Waals surface area contributed by atoms with Crippen molar-refractivity contribution in [3.8, 4) is 0 Å². The Morgan fingerprint density at radius 3 is 1.96 bits per heavy atom. The van der Waals surface area contributed by atoms with E-state index in [4.69, 9.17) is 0 Å². The van der Waals surface area contributed by atoms with Crippen molar-refractivity contribution in [2.75, 3.05) is 26.7 Å². The molecule has 0 heterocycles. The van der Waals surface area contributed by atoms with Gasteiger partial charge >= 0.3 is 0 Å². The summed E-state index contributed by atoms with van der Waals surface area (Å²) in [5.41, 5.74) is -0.251. The maximum absolute atomic E-state index is 12.4. The molecule has 4 heteroatoms. The van der Waals surface area contributed by atoms with Crippen LogP contribution in [0.5, 0.6) is 0 Å². The highest BCUT2D eigenvalue weighted by molar-refractivity contribution is 5.81. The topological polar surface area (TPSA) is 49.4 Å². The first kappa shape index (κ1) is 24.4. The van der Waals surface area contributed by atoms with Crippen molar-refractivity contribution in [2.45, 2.75) is 68.7 Å². The molecule has 0 radical (unpaired) electrons. The van der Waals surface area contributed by atoms with E-state index in [1.54, 1.807) is 6.92 Å². The lowest BCUT2D eigenvalue weighted by Gasteiger charge is -2.37. The van der Waals surface area contributed by atoms with Crippen molar-refractivity contribution in [3.63, 3.8) is 0 Å². The first-order valence-electron chi connectivity index (χ1n) is 8.85. The molecule has 0 aromatic heterocycles. The number of nitrogens with one attached hydrogen (secondary N) is 1. The van der Waals surface area contributed by atoms with Crippen molar-refractivity contribution < 1.29 is 9.59 Å². The Bertz CT molecular complexity index is 360. The number of nitrogens with zero attached hydrogens (tertiary/aromatic N) is 1. The van der Waals surface area contributed by atoms with E-state index >= 15 is 0 Å². The van der Waals surface area contributed by atoms with Crippen molar-refractivity contribution in [2.24, 2.45) is 16.7 Å². The molecular formula is C19H40N2O2. The van der Waals surface area contributed by atoms with E-state index in [9.17, 15) is 9.59 Å². The third-order valence-corrected chi connectivity index (χ3v) is 4.35. The Hall–Kier alpha value is -0.900. The SMILES string of the molecule is CC.CC(=O)CN(C)CCNC(=O)C(C)(C)CC(C)(C)C(C)C. The maximum atomic E-state index is 12.4. The van der Waals surface area contributed by atoms with Gasteiger partial charge in [0.05, 0.1) is 6.54 Å². The van der Waals surface area contributed by atoms with Crippen LogP contribution in [0.25, 0.3) is 0 Å². The van der Waals surface area contributed by atoms with Gasteiger partial charge in [-0.3, -0.25) is 14.5 Å². The van der Waals surface area contributed by atoms with Crippen LogP contribution in [0.3, 0.4) is 0 Å². The molecular weight excluding hydrogens is 288 g/mol. The summed E-state index contributed by atoms with van der Waals surface area (Å²) in [4.78, 5) is 25.3. The third-order valence-electron chi connectivity index (χ3n) is 4.35. The van der Waals surface area contributed by atoms with Gasteiger partial charge in [0.25, 0.3) is 0 Å². The Kier molecular flexibility index (Phi) is 11.4. The molecule has 1 amide bonds. The summed E-state index contributed by atoms with van der Waals surface area (Å²) in [5.74, 6) is 0.765. The number of Topliss-reactive ketones (excluding diaryl/α,β-unsaturated/α-hetero) is 1. The molecule has 4 nitrogen and oxygen atoms in total. The van der Waals surface area contributed by atoms with Crippen molar-refractivity contribution in [1.82, 2.24) is 10.2 Å². The second-order valence-electron chi connectivity index (χ2n) is 7.90. The van der Waals surface area contributed by atoms with Crippen LogP contribution >= 0.6 is 0 Å². The minimum Gasteiger partial charge on any atom is -0.354 e. The van der Waals surface area contributed by atoms with E-state index in [2.05, 4.69) is 33.0 Å². The molecule has 0 aromatic carbocycles. The molecule has 0 spiro atoms. The summed E-state index contributed by atoms with van der Waals surface area (Å²) >= 11 is 0. The van der Waals surface area contributed by atoms with E-state index in [-0.39, 0.29) is 22.5 Å². The lowest BCUT2D eigenvalue weighted by atomic mass is 9.69. The van der Waals surface area contributed by atoms with Gasteiger partial charge in [0.1, 0.15) is 5.78 Å². The maximum Gasteiger partial charge on any atom is 0.225 e. The normalized spacial score (nSPS) is 12.0. The number of likely N-dealkylation sites (N-methyl/N-ethyl adjacent to an activating group) is 1. The molecule has 0 aliphatic rings. The van der Waals surface area contributed by atoms with Gasteiger partial charge in [0, 0.05) is 18.5 Å². The molecule has 0 fully saturated rings. The molecule has 0 bridgehead atoms. The Labute approximate surface area is 144 Å². The lowest BCUT2D eigenvalue weighted by molar-refractivity contribution is -0.131. The number of ketones is 1. The minimum atomic E-state index is -0.382. The molecule has 0 saturated heterocycles. The first-order valence-corrected chi connectivity index (χ1v) is 8.85. The second kappa shape index (κ2) is 10.8. The molecule has 138 valence electrons. The number of rotatable bonds is 9. The molecule has 0 rings (SSSR count). The molecule has 0 saturated carbocycles. The number of carbonyl (C=O) groups is 2. The summed E-state index contributed by atoms with van der Waals surface area (Å²) in [6.07, 6.45) is 0.854. The van der Waals surface area contributed by atoms with Gasteiger partial charge in [-0.05, 0) is 31.7 Å². The van der Waals surface area contributed by atoms with Gasteiger partial charge in [-0.15, -0.1) is 0 Å². The van der Waals surface area contributed by atoms with Crippen LogP contribution in [0, 0.1) is 16.7 Å². The number of hydrogen-bond acceptors (Lipinski definition) is 3. The minimum absolute atomic E-state index is 0.0902. The van der Waals surface area contributed by atoms with Crippen LogP contribution in [0.2, 0.25) is 0 Å². The molecule has 0 aliphatic carbocycles. The smallest absolute Gasteiger partial charge is 0.225 e. The van der Waals surface area contributed by atoms with E-state index in [0.717, 1.165) is 6.42 Å². The fourth-order valence-corrected chi connectivity index (χ4v) is 2.48. The average molecular weight is 329 g/mol. The van der Waals surface area contributed by atoms with Crippen molar-refractivity contribution in [3.05, 3.63) is 0 Å². The quantitative estimate of drug-likeness (QED) is 0.701. The van der Waals surface area contributed by atoms with Crippen LogP contribution < -0.4 is 5.32 Å². The monoisotopic (exact) mass is 328 g/mol. The largest absolute Gasteiger partial charge is 0.354 e. The first-order chi connectivity index (χ1) is 10.4. The average Bonchev–Trinajstić information content (AvgIpc) is 2.38. The third kappa shape index (κ3) is 10.5. The van der Waals surface area contributed by atoms with Gasteiger partial charge in [0.15, 0.2) is 0 Å². The van der Waals surface area contributed by atoms with E-state index in [1.807, 2.05) is 39.6 Å². The molecule has 1 N–H and O–H groups in total. The summed E-state index contributed by atoms with van der Waals surface area (Å²) in [5, 5.41) is 3.00. The Balaban J connectivity index is 0. The van der Waals surface area contributed by atoms with Gasteiger partial charge in [-0.2, -0.15) is 0 Å². The van der Waals surface area contributed by atoms with Gasteiger partial charge < -0.3 is 5.32 Å². The summed E-state index contributed by atoms with van der Waals surface area (Å²) in [6, 6.07) is 0. The van der Waals surface area contributed by atoms with Gasteiger partial charge in [-0.1, -0.05) is 55.4 Å². The Morgan fingerprint density at radius 1 is 1.09 bits per heavy atom. The van der Waals surface area contributed by atoms with E-state index in [1.165, 1.54) is 0 Å². The highest BCUT2D eigenvalue weighted by atomic mass is 16.2. The second-order valence-corrected chi connectivity index (χ2v) is 7.90. The highest BCUT2D eigenvalue weighted by Crippen LogP contribution is 2.39. The van der Waals surface area contributed by atoms with Crippen LogP contribution in [-0.2, 0) is 9.59 Å². The molecule has 0 unspecified atom stereocenters. The molecule has 0 aromatic rings. The van der Waals surface area contributed by atoms with Crippen LogP contribution in [-0.4, -0.2) is 43.3 Å². The summed E-state index contributed by atoms with van der Waals surface area (Å²) in [6.45, 7) is 20.1. The number of amides is 1. The lowest BCUT2D eigenvalue weighted by Crippen LogP contribution is -2.43.